The monoisotopic (exact) mass is 455 g/mol. The summed E-state index contributed by atoms with van der Waals surface area (Å²) in [6.07, 6.45) is 4.12. The maximum Gasteiger partial charge on any atom is 0.235 e. The van der Waals surface area contributed by atoms with Crippen molar-refractivity contribution in [3.05, 3.63) is 46.1 Å². The fraction of sp³-hybridized carbons (Fsp3) is 0.364. The fourth-order valence-electron chi connectivity index (χ4n) is 3.79. The first-order valence-corrected chi connectivity index (χ1v) is 11.9. The summed E-state index contributed by atoms with van der Waals surface area (Å²) < 4.78 is 14.9. The van der Waals surface area contributed by atoms with Crippen molar-refractivity contribution < 1.29 is 9.18 Å². The molecule has 31 heavy (non-hydrogen) atoms. The van der Waals surface area contributed by atoms with Gasteiger partial charge in [0.15, 0.2) is 11.0 Å². The number of amides is 1. The number of halogens is 1. The molecule has 0 saturated heterocycles. The Kier molecular flexibility index (Phi) is 6.39. The molecule has 1 unspecified atom stereocenters. The number of thiophene rings is 1. The number of nitrogens with one attached hydrogen (secondary N) is 1. The molecular weight excluding hydrogens is 433 g/mol. The first-order valence-electron chi connectivity index (χ1n) is 10.1. The molecule has 1 aromatic carbocycles. The van der Waals surface area contributed by atoms with Crippen LogP contribution >= 0.6 is 23.1 Å². The van der Waals surface area contributed by atoms with Crippen molar-refractivity contribution >= 4 is 34.0 Å². The van der Waals surface area contributed by atoms with E-state index >= 15 is 0 Å². The second-order valence-corrected chi connectivity index (χ2v) is 9.59. The molecule has 160 valence electrons. The van der Waals surface area contributed by atoms with Crippen molar-refractivity contribution in [3.63, 3.8) is 0 Å². The smallest absolute Gasteiger partial charge is 0.235 e. The van der Waals surface area contributed by atoms with Gasteiger partial charge in [0.05, 0.1) is 11.3 Å². The number of nitrogens with zero attached hydrogens (tertiary/aromatic N) is 4. The average molecular weight is 456 g/mol. The van der Waals surface area contributed by atoms with Gasteiger partial charge in [0.1, 0.15) is 16.9 Å². The fourth-order valence-corrected chi connectivity index (χ4v) is 5.83. The van der Waals surface area contributed by atoms with Gasteiger partial charge in [-0.3, -0.25) is 4.79 Å². The molecule has 2 aromatic heterocycles. The molecule has 0 spiro atoms. The molecule has 1 aliphatic rings. The largest absolute Gasteiger partial charge is 0.316 e. The van der Waals surface area contributed by atoms with E-state index < -0.39 is 0 Å². The Labute approximate surface area is 188 Å². The van der Waals surface area contributed by atoms with Crippen molar-refractivity contribution in [2.24, 2.45) is 13.0 Å². The highest BCUT2D eigenvalue weighted by Gasteiger charge is 2.26. The molecule has 0 bridgehead atoms. The van der Waals surface area contributed by atoms with Gasteiger partial charge in [0, 0.05) is 17.5 Å². The summed E-state index contributed by atoms with van der Waals surface area (Å²) in [5.74, 6) is 0.919. The number of carbonyl (C=O) groups is 1. The van der Waals surface area contributed by atoms with E-state index in [1.807, 2.05) is 7.05 Å². The number of anilines is 1. The molecule has 0 aliphatic heterocycles. The standard InChI is InChI=1S/C22H22FN5OS2/c1-3-13-4-9-16-17(11-24)21(31-18(16)10-13)25-19(29)12-30-22-27-26-20(28(22)2)14-5-7-15(23)8-6-14/h5-8,13H,3-4,9-10,12H2,1-2H3,(H,25,29). The van der Waals surface area contributed by atoms with Crippen LogP contribution in [0, 0.1) is 23.1 Å². The van der Waals surface area contributed by atoms with Gasteiger partial charge in [0.25, 0.3) is 0 Å². The number of rotatable bonds is 6. The van der Waals surface area contributed by atoms with E-state index in [1.54, 1.807) is 16.7 Å². The van der Waals surface area contributed by atoms with Crippen molar-refractivity contribution in [3.8, 4) is 17.5 Å². The third-order valence-electron chi connectivity index (χ3n) is 5.58. The van der Waals surface area contributed by atoms with Crippen LogP contribution < -0.4 is 5.32 Å². The molecule has 1 N–H and O–H groups in total. The number of hydrogen-bond donors (Lipinski definition) is 1. The van der Waals surface area contributed by atoms with E-state index in [2.05, 4.69) is 28.5 Å². The van der Waals surface area contributed by atoms with Gasteiger partial charge >= 0.3 is 0 Å². The van der Waals surface area contributed by atoms with Gasteiger partial charge in [-0.1, -0.05) is 25.1 Å². The summed E-state index contributed by atoms with van der Waals surface area (Å²) in [6, 6.07) is 8.33. The predicted molar refractivity (Wildman–Crippen MR) is 121 cm³/mol. The topological polar surface area (TPSA) is 83.6 Å². The highest BCUT2D eigenvalue weighted by atomic mass is 32.2. The third kappa shape index (κ3) is 4.50. The van der Waals surface area contributed by atoms with Crippen LogP contribution in [0.3, 0.4) is 0 Å². The zero-order chi connectivity index (χ0) is 22.0. The first kappa shape index (κ1) is 21.5. The molecule has 0 radical (unpaired) electrons. The highest BCUT2D eigenvalue weighted by molar-refractivity contribution is 7.99. The number of thioether (sulfide) groups is 1. The number of nitriles is 1. The Morgan fingerprint density at radius 2 is 2.16 bits per heavy atom. The Morgan fingerprint density at radius 1 is 1.39 bits per heavy atom. The minimum atomic E-state index is -0.311. The maximum absolute atomic E-state index is 13.2. The minimum Gasteiger partial charge on any atom is -0.316 e. The number of aromatic nitrogens is 3. The molecule has 1 amide bonds. The van der Waals surface area contributed by atoms with Crippen LogP contribution in [0.25, 0.3) is 11.4 Å². The van der Waals surface area contributed by atoms with Gasteiger partial charge in [-0.2, -0.15) is 5.26 Å². The molecule has 4 rings (SSSR count). The molecule has 3 aromatic rings. The van der Waals surface area contributed by atoms with Gasteiger partial charge in [0.2, 0.25) is 5.91 Å². The average Bonchev–Trinajstić information content (AvgIpc) is 3.31. The molecule has 0 saturated carbocycles. The van der Waals surface area contributed by atoms with Crippen molar-refractivity contribution in [2.45, 2.75) is 37.8 Å². The molecule has 9 heteroatoms. The minimum absolute atomic E-state index is 0.153. The quantitative estimate of drug-likeness (QED) is 0.540. The van der Waals surface area contributed by atoms with Crippen molar-refractivity contribution in [1.82, 2.24) is 14.8 Å². The predicted octanol–water partition coefficient (Wildman–Crippen LogP) is 4.80. The molecule has 6 nitrogen and oxygen atoms in total. The van der Waals surface area contributed by atoms with E-state index in [4.69, 9.17) is 0 Å². The summed E-state index contributed by atoms with van der Waals surface area (Å²) in [7, 11) is 1.81. The third-order valence-corrected chi connectivity index (χ3v) is 7.77. The first-order chi connectivity index (χ1) is 15.0. The second-order valence-electron chi connectivity index (χ2n) is 7.55. The number of carbonyl (C=O) groups excluding carboxylic acids is 1. The van der Waals surface area contributed by atoms with Crippen LogP contribution in [0.5, 0.6) is 0 Å². The molecule has 1 atom stereocenters. The van der Waals surface area contributed by atoms with Crippen LogP contribution in [0.15, 0.2) is 29.4 Å². The maximum atomic E-state index is 13.2. The lowest BCUT2D eigenvalue weighted by atomic mass is 9.86. The molecule has 1 aliphatic carbocycles. The summed E-state index contributed by atoms with van der Waals surface area (Å²) in [5.41, 5.74) is 2.48. The highest BCUT2D eigenvalue weighted by Crippen LogP contribution is 2.40. The Morgan fingerprint density at radius 3 is 2.87 bits per heavy atom. The van der Waals surface area contributed by atoms with E-state index in [-0.39, 0.29) is 17.5 Å². The number of fused-ring (bicyclic) bond motifs is 1. The molecule has 0 fully saturated rings. The normalized spacial score (nSPS) is 15.4. The lowest BCUT2D eigenvalue weighted by molar-refractivity contribution is -0.113. The summed E-state index contributed by atoms with van der Waals surface area (Å²) in [6.45, 7) is 2.20. The van der Waals surface area contributed by atoms with Crippen LogP contribution in [-0.4, -0.2) is 26.4 Å². The second kappa shape index (κ2) is 9.20. The van der Waals surface area contributed by atoms with Gasteiger partial charge in [-0.15, -0.1) is 21.5 Å². The number of benzene rings is 1. The molecule has 2 heterocycles. The van der Waals surface area contributed by atoms with Crippen LogP contribution in [0.1, 0.15) is 35.8 Å². The summed E-state index contributed by atoms with van der Waals surface area (Å²) in [4.78, 5) is 13.8. The Hall–Kier alpha value is -2.70. The van der Waals surface area contributed by atoms with Gasteiger partial charge in [-0.05, 0) is 55.0 Å². The summed E-state index contributed by atoms with van der Waals surface area (Å²) in [5, 5.41) is 22.1. The van der Waals surface area contributed by atoms with Crippen molar-refractivity contribution in [2.75, 3.05) is 11.1 Å². The number of hydrogen-bond acceptors (Lipinski definition) is 6. The van der Waals surface area contributed by atoms with Crippen LogP contribution in [0.4, 0.5) is 9.39 Å². The zero-order valence-corrected chi connectivity index (χ0v) is 18.9. The molecular formula is C22H22FN5OS2. The lowest BCUT2D eigenvalue weighted by Gasteiger charge is -2.20. The van der Waals surface area contributed by atoms with E-state index in [0.29, 0.717) is 27.5 Å². The van der Waals surface area contributed by atoms with E-state index in [9.17, 15) is 14.4 Å². The van der Waals surface area contributed by atoms with Gasteiger partial charge < -0.3 is 9.88 Å². The van der Waals surface area contributed by atoms with Crippen LogP contribution in [0.2, 0.25) is 0 Å². The van der Waals surface area contributed by atoms with E-state index in [1.165, 1.54) is 40.1 Å². The lowest BCUT2D eigenvalue weighted by Crippen LogP contribution is -2.14. The van der Waals surface area contributed by atoms with E-state index in [0.717, 1.165) is 36.8 Å². The summed E-state index contributed by atoms with van der Waals surface area (Å²) >= 11 is 2.80. The van der Waals surface area contributed by atoms with Gasteiger partial charge in [-0.25, -0.2) is 4.39 Å². The zero-order valence-electron chi connectivity index (χ0n) is 17.3. The Balaban J connectivity index is 1.42. The van der Waals surface area contributed by atoms with Crippen molar-refractivity contribution in [1.29, 1.82) is 5.26 Å². The Bertz CT molecular complexity index is 1150. The van der Waals surface area contributed by atoms with Crippen LogP contribution in [-0.2, 0) is 24.7 Å². The SMILES string of the molecule is CCC1CCc2c(sc(NC(=O)CSc3nnc(-c4ccc(F)cc4)n3C)c2C#N)C1.